The number of esters is 1. The molecule has 0 spiro atoms. The Balaban J connectivity index is 2.19. The smallest absolute Gasteiger partial charge is 0.309 e. The van der Waals surface area contributed by atoms with E-state index in [9.17, 15) is 4.79 Å². The summed E-state index contributed by atoms with van der Waals surface area (Å²) in [6.07, 6.45) is 1.00. The predicted molar refractivity (Wildman–Crippen MR) is 42.0 cm³/mol. The average Bonchev–Trinajstić information content (AvgIpc) is 2.66. The summed E-state index contributed by atoms with van der Waals surface area (Å²) in [5.74, 6) is 0.713. The number of carbonyl (C=O) groups is 1. The summed E-state index contributed by atoms with van der Waals surface area (Å²) in [5, 5.41) is 0.927. The maximum Gasteiger partial charge on any atom is 0.309 e. The quantitative estimate of drug-likeness (QED) is 0.518. The van der Waals surface area contributed by atoms with E-state index < -0.39 is 0 Å². The van der Waals surface area contributed by atoms with Crippen molar-refractivity contribution in [2.24, 2.45) is 11.8 Å². The fraction of sp³-hybridized carbons (Fsp3) is 0.857. The van der Waals surface area contributed by atoms with Crippen molar-refractivity contribution in [3.8, 4) is 0 Å². The van der Waals surface area contributed by atoms with Gasteiger partial charge in [-0.15, -0.1) is 0 Å². The summed E-state index contributed by atoms with van der Waals surface area (Å²) < 4.78 is 4.84. The van der Waals surface area contributed by atoms with Gasteiger partial charge in [-0.3, -0.25) is 4.79 Å². The van der Waals surface area contributed by atoms with E-state index >= 15 is 0 Å². The molecule has 58 valence electrons. The van der Waals surface area contributed by atoms with Crippen LogP contribution >= 0.6 is 15.9 Å². The highest BCUT2D eigenvalue weighted by molar-refractivity contribution is 9.09. The molecule has 2 nitrogen and oxygen atoms in total. The largest absolute Gasteiger partial charge is 0.466 e. The predicted octanol–water partition coefficient (Wildman–Crippen LogP) is 1.58. The highest BCUT2D eigenvalue weighted by atomic mass is 79.9. The van der Waals surface area contributed by atoms with Crippen LogP contribution in [-0.4, -0.2) is 17.9 Å². The van der Waals surface area contributed by atoms with Crippen molar-refractivity contribution in [2.45, 2.75) is 13.3 Å². The molecular formula is C7H11BrO2. The fourth-order valence-electron chi connectivity index (χ4n) is 0.956. The van der Waals surface area contributed by atoms with E-state index in [1.165, 1.54) is 0 Å². The first-order chi connectivity index (χ1) is 4.79. The molecule has 1 fully saturated rings. The number of halogens is 1. The molecule has 0 aromatic carbocycles. The maximum atomic E-state index is 10.9. The van der Waals surface area contributed by atoms with Crippen molar-refractivity contribution in [3.05, 3.63) is 0 Å². The lowest BCUT2D eigenvalue weighted by Gasteiger charge is -1.97. The second-order valence-corrected chi connectivity index (χ2v) is 3.16. The summed E-state index contributed by atoms with van der Waals surface area (Å²) >= 11 is 3.33. The van der Waals surface area contributed by atoms with Gasteiger partial charge in [0.2, 0.25) is 0 Å². The topological polar surface area (TPSA) is 26.3 Å². The van der Waals surface area contributed by atoms with Crippen LogP contribution in [0.25, 0.3) is 0 Å². The van der Waals surface area contributed by atoms with E-state index in [0.29, 0.717) is 12.5 Å². The van der Waals surface area contributed by atoms with Gasteiger partial charge in [0, 0.05) is 5.33 Å². The van der Waals surface area contributed by atoms with E-state index in [4.69, 9.17) is 4.74 Å². The Kier molecular flexibility index (Phi) is 2.72. The van der Waals surface area contributed by atoms with Crippen molar-refractivity contribution in [3.63, 3.8) is 0 Å². The zero-order valence-electron chi connectivity index (χ0n) is 5.97. The van der Waals surface area contributed by atoms with Gasteiger partial charge in [-0.05, 0) is 19.3 Å². The number of carbonyl (C=O) groups excluding carboxylic acids is 1. The van der Waals surface area contributed by atoms with E-state index in [1.54, 1.807) is 0 Å². The highest BCUT2D eigenvalue weighted by Gasteiger charge is 2.42. The van der Waals surface area contributed by atoms with Gasteiger partial charge in [0.25, 0.3) is 0 Å². The average molecular weight is 207 g/mol. The fourth-order valence-corrected chi connectivity index (χ4v) is 1.67. The standard InChI is InChI=1S/C7H11BrO2/c1-2-10-7(9)6-3-5(6)4-8/h5-6H,2-4H2,1H3/t5-,6+/m0/s1. The third kappa shape index (κ3) is 1.72. The van der Waals surface area contributed by atoms with Crippen molar-refractivity contribution >= 4 is 21.9 Å². The molecule has 1 saturated carbocycles. The minimum atomic E-state index is -0.0213. The van der Waals surface area contributed by atoms with Gasteiger partial charge in [-0.1, -0.05) is 15.9 Å². The first-order valence-electron chi connectivity index (χ1n) is 3.52. The molecule has 1 rings (SSSR count). The second kappa shape index (κ2) is 3.37. The summed E-state index contributed by atoms with van der Waals surface area (Å²) in [6, 6.07) is 0. The molecule has 0 radical (unpaired) electrons. The molecule has 0 aromatic heterocycles. The van der Waals surface area contributed by atoms with Crippen LogP contribution in [0.1, 0.15) is 13.3 Å². The van der Waals surface area contributed by atoms with Gasteiger partial charge < -0.3 is 4.74 Å². The van der Waals surface area contributed by atoms with Gasteiger partial charge >= 0.3 is 5.97 Å². The van der Waals surface area contributed by atoms with Crippen LogP contribution in [0, 0.1) is 11.8 Å². The zero-order chi connectivity index (χ0) is 7.56. The molecule has 0 N–H and O–H groups in total. The van der Waals surface area contributed by atoms with E-state index in [-0.39, 0.29) is 11.9 Å². The Morgan fingerprint density at radius 1 is 1.80 bits per heavy atom. The van der Waals surface area contributed by atoms with Crippen LogP contribution in [0.2, 0.25) is 0 Å². The second-order valence-electron chi connectivity index (χ2n) is 2.51. The molecule has 0 unspecified atom stereocenters. The normalized spacial score (nSPS) is 29.8. The Morgan fingerprint density at radius 3 is 2.90 bits per heavy atom. The Morgan fingerprint density at radius 2 is 2.50 bits per heavy atom. The minimum Gasteiger partial charge on any atom is -0.466 e. The summed E-state index contributed by atoms with van der Waals surface area (Å²) in [4.78, 5) is 10.9. The zero-order valence-corrected chi connectivity index (χ0v) is 7.56. The monoisotopic (exact) mass is 206 g/mol. The summed E-state index contributed by atoms with van der Waals surface area (Å²) in [7, 11) is 0. The summed E-state index contributed by atoms with van der Waals surface area (Å²) in [5.41, 5.74) is 0. The summed E-state index contributed by atoms with van der Waals surface area (Å²) in [6.45, 7) is 2.34. The van der Waals surface area contributed by atoms with Crippen LogP contribution in [0.4, 0.5) is 0 Å². The lowest BCUT2D eigenvalue weighted by molar-refractivity contribution is -0.144. The van der Waals surface area contributed by atoms with Crippen molar-refractivity contribution in [1.29, 1.82) is 0 Å². The molecular weight excluding hydrogens is 196 g/mol. The maximum absolute atomic E-state index is 10.9. The lowest BCUT2D eigenvalue weighted by Crippen LogP contribution is -2.07. The highest BCUT2D eigenvalue weighted by Crippen LogP contribution is 2.40. The molecule has 0 aromatic rings. The molecule has 0 heterocycles. The van der Waals surface area contributed by atoms with Crippen molar-refractivity contribution < 1.29 is 9.53 Å². The van der Waals surface area contributed by atoms with Gasteiger partial charge in [-0.25, -0.2) is 0 Å². The Hall–Kier alpha value is -0.0500. The van der Waals surface area contributed by atoms with Crippen molar-refractivity contribution in [2.75, 3.05) is 11.9 Å². The molecule has 0 saturated heterocycles. The molecule has 3 heteroatoms. The molecule has 0 bridgehead atoms. The number of hydrogen-bond acceptors (Lipinski definition) is 2. The van der Waals surface area contributed by atoms with Crippen LogP contribution in [-0.2, 0) is 9.53 Å². The molecule has 1 aliphatic rings. The van der Waals surface area contributed by atoms with Gasteiger partial charge in [0.15, 0.2) is 0 Å². The van der Waals surface area contributed by atoms with Gasteiger partial charge in [0.1, 0.15) is 0 Å². The number of ether oxygens (including phenoxy) is 1. The van der Waals surface area contributed by atoms with E-state index in [1.807, 2.05) is 6.92 Å². The molecule has 0 aliphatic heterocycles. The first-order valence-corrected chi connectivity index (χ1v) is 4.64. The number of hydrogen-bond donors (Lipinski definition) is 0. The Labute approximate surface area is 69.1 Å². The molecule has 10 heavy (non-hydrogen) atoms. The van der Waals surface area contributed by atoms with Gasteiger partial charge in [0.05, 0.1) is 12.5 Å². The Bertz CT molecular complexity index is 136. The van der Waals surface area contributed by atoms with Crippen LogP contribution in [0.15, 0.2) is 0 Å². The van der Waals surface area contributed by atoms with E-state index in [0.717, 1.165) is 11.8 Å². The number of rotatable bonds is 3. The first kappa shape index (κ1) is 8.05. The third-order valence-corrected chi connectivity index (χ3v) is 2.54. The lowest BCUT2D eigenvalue weighted by atomic mass is 10.3. The number of alkyl halides is 1. The third-order valence-electron chi connectivity index (χ3n) is 1.71. The van der Waals surface area contributed by atoms with Crippen LogP contribution in [0.5, 0.6) is 0 Å². The van der Waals surface area contributed by atoms with E-state index in [2.05, 4.69) is 15.9 Å². The van der Waals surface area contributed by atoms with Gasteiger partial charge in [-0.2, -0.15) is 0 Å². The SMILES string of the molecule is CCOC(=O)[C@@H]1C[C@H]1CBr. The molecule has 0 amide bonds. The molecule has 2 atom stereocenters. The van der Waals surface area contributed by atoms with Crippen LogP contribution < -0.4 is 0 Å². The minimum absolute atomic E-state index is 0.0213. The van der Waals surface area contributed by atoms with Crippen LogP contribution in [0.3, 0.4) is 0 Å². The molecule has 1 aliphatic carbocycles. The van der Waals surface area contributed by atoms with Crippen molar-refractivity contribution in [1.82, 2.24) is 0 Å².